The first-order chi connectivity index (χ1) is 19.5. The number of halogens is 1. The number of hydrogen-bond acceptors (Lipinski definition) is 8. The topological polar surface area (TPSA) is 122 Å². The van der Waals surface area contributed by atoms with Crippen LogP contribution < -0.4 is 20.1 Å². The first kappa shape index (κ1) is 25.6. The number of para-hydroxylation sites is 2. The number of carbonyl (C=O) groups is 3. The summed E-state index contributed by atoms with van der Waals surface area (Å²) in [7, 11) is 0. The van der Waals surface area contributed by atoms with Crippen molar-refractivity contribution in [3.63, 3.8) is 0 Å². The van der Waals surface area contributed by atoms with E-state index in [9.17, 15) is 18.8 Å². The summed E-state index contributed by atoms with van der Waals surface area (Å²) < 4.78 is 24.6. The predicted octanol–water partition coefficient (Wildman–Crippen LogP) is 3.59. The largest absolute Gasteiger partial charge is 0.454 e. The van der Waals surface area contributed by atoms with Crippen molar-refractivity contribution in [1.29, 1.82) is 0 Å². The van der Waals surface area contributed by atoms with Crippen LogP contribution in [-0.2, 0) is 20.9 Å². The maximum atomic E-state index is 13.9. The van der Waals surface area contributed by atoms with Crippen LogP contribution in [0.15, 0.2) is 76.7 Å². The van der Waals surface area contributed by atoms with Crippen LogP contribution in [0, 0.1) is 5.82 Å². The third kappa shape index (κ3) is 5.13. The van der Waals surface area contributed by atoms with Crippen LogP contribution in [0.25, 0.3) is 0 Å². The Hall–Kier alpha value is -4.71. The highest BCUT2D eigenvalue weighted by molar-refractivity contribution is 8.14. The third-order valence-electron chi connectivity index (χ3n) is 6.33. The average Bonchev–Trinajstić information content (AvgIpc) is 3.56. The molecule has 1 atom stereocenters. The number of thioether (sulfide) groups is 1. The molecule has 6 rings (SSSR count). The molecule has 202 valence electrons. The number of rotatable bonds is 7. The molecule has 40 heavy (non-hydrogen) atoms. The molecule has 0 unspecified atom stereocenters. The van der Waals surface area contributed by atoms with E-state index in [-0.39, 0.29) is 42.3 Å². The molecule has 3 aromatic rings. The van der Waals surface area contributed by atoms with Crippen molar-refractivity contribution in [3.05, 3.63) is 83.7 Å². The molecule has 0 radical (unpaired) electrons. The minimum absolute atomic E-state index is 0.0651. The Morgan fingerprint density at radius 1 is 1.02 bits per heavy atom. The van der Waals surface area contributed by atoms with E-state index in [0.29, 0.717) is 28.6 Å². The van der Waals surface area contributed by atoms with Crippen LogP contribution in [0.4, 0.5) is 15.8 Å². The minimum Gasteiger partial charge on any atom is -0.454 e. The maximum absolute atomic E-state index is 13.9. The van der Waals surface area contributed by atoms with Crippen molar-refractivity contribution in [1.82, 2.24) is 10.2 Å². The molecule has 0 bridgehead atoms. The summed E-state index contributed by atoms with van der Waals surface area (Å²) in [6.45, 7) is 0.411. The second-order valence-corrected chi connectivity index (χ2v) is 9.98. The molecule has 0 spiro atoms. The number of carbonyl (C=O) groups excluding carboxylic acids is 3. The van der Waals surface area contributed by atoms with Crippen molar-refractivity contribution in [2.24, 2.45) is 9.98 Å². The standard InChI is InChI=1S/C28H22FN5O5S/c29-18-6-2-4-8-20(18)31-25(36)14-40-28-33-19-7-3-1-5-17(19)26-32-21(27(37)34(26)28)12-24(35)30-13-16-9-10-22-23(11-16)39-15-38-22/h1-11,21H,12-15H2,(H,30,35)(H,31,36)/t21-/m0/s1. The molecule has 0 saturated carbocycles. The quantitative estimate of drug-likeness (QED) is 0.456. The Labute approximate surface area is 232 Å². The lowest BCUT2D eigenvalue weighted by Crippen LogP contribution is -2.42. The summed E-state index contributed by atoms with van der Waals surface area (Å²) in [6, 6.07) is 17.5. The van der Waals surface area contributed by atoms with Gasteiger partial charge in [-0.05, 0) is 42.0 Å². The van der Waals surface area contributed by atoms with E-state index in [1.54, 1.807) is 30.3 Å². The smallest absolute Gasteiger partial charge is 0.259 e. The van der Waals surface area contributed by atoms with Crippen LogP contribution in [0.1, 0.15) is 17.5 Å². The summed E-state index contributed by atoms with van der Waals surface area (Å²) in [6.07, 6.45) is -0.155. The molecule has 2 N–H and O–H groups in total. The van der Waals surface area contributed by atoms with E-state index >= 15 is 0 Å². The van der Waals surface area contributed by atoms with Gasteiger partial charge in [0.1, 0.15) is 17.7 Å². The molecule has 0 saturated heterocycles. The molecule has 0 aliphatic carbocycles. The normalized spacial score (nSPS) is 16.6. The van der Waals surface area contributed by atoms with Crippen LogP contribution in [0.2, 0.25) is 0 Å². The van der Waals surface area contributed by atoms with E-state index < -0.39 is 23.7 Å². The van der Waals surface area contributed by atoms with Gasteiger partial charge in [0.15, 0.2) is 16.7 Å². The highest BCUT2D eigenvalue weighted by Gasteiger charge is 2.42. The van der Waals surface area contributed by atoms with Gasteiger partial charge in [-0.3, -0.25) is 19.4 Å². The van der Waals surface area contributed by atoms with E-state index in [2.05, 4.69) is 20.6 Å². The summed E-state index contributed by atoms with van der Waals surface area (Å²) in [5.41, 5.74) is 2.14. The lowest BCUT2D eigenvalue weighted by atomic mass is 10.1. The monoisotopic (exact) mass is 559 g/mol. The first-order valence-electron chi connectivity index (χ1n) is 12.4. The van der Waals surface area contributed by atoms with Crippen LogP contribution in [0.5, 0.6) is 11.5 Å². The Morgan fingerprint density at radius 2 is 1.82 bits per heavy atom. The molecular formula is C28H22FN5O5S. The van der Waals surface area contributed by atoms with Gasteiger partial charge in [-0.1, -0.05) is 42.1 Å². The van der Waals surface area contributed by atoms with Crippen molar-refractivity contribution >= 4 is 51.9 Å². The van der Waals surface area contributed by atoms with Gasteiger partial charge in [0.25, 0.3) is 5.91 Å². The van der Waals surface area contributed by atoms with Crippen LogP contribution >= 0.6 is 11.8 Å². The number of fused-ring (bicyclic) bond motifs is 4. The number of amides is 3. The van der Waals surface area contributed by atoms with Crippen LogP contribution in [-0.4, -0.2) is 52.2 Å². The molecule has 3 amide bonds. The van der Waals surface area contributed by atoms with Crippen molar-refractivity contribution < 1.29 is 28.2 Å². The Morgan fingerprint density at radius 3 is 2.70 bits per heavy atom. The summed E-state index contributed by atoms with van der Waals surface area (Å²) >= 11 is 1.03. The number of benzene rings is 3. The SMILES string of the molecule is O=C(C[C@@H]1N=C2c3ccccc3N=C(SCC(=O)Nc3ccccc3F)N2C1=O)NCc1ccc2c(c1)OCO2. The van der Waals surface area contributed by atoms with Gasteiger partial charge < -0.3 is 20.1 Å². The highest BCUT2D eigenvalue weighted by atomic mass is 32.2. The Balaban J connectivity index is 1.13. The summed E-state index contributed by atoms with van der Waals surface area (Å²) in [5.74, 6) is -0.234. The van der Waals surface area contributed by atoms with Gasteiger partial charge >= 0.3 is 0 Å². The van der Waals surface area contributed by atoms with Gasteiger partial charge in [0, 0.05) is 12.1 Å². The number of aliphatic imine (C=N–C) groups is 2. The number of ether oxygens (including phenoxy) is 2. The predicted molar refractivity (Wildman–Crippen MR) is 147 cm³/mol. The van der Waals surface area contributed by atoms with Gasteiger partial charge in [0.05, 0.1) is 23.5 Å². The number of nitrogens with zero attached hydrogens (tertiary/aromatic N) is 3. The molecular weight excluding hydrogens is 537 g/mol. The maximum Gasteiger partial charge on any atom is 0.259 e. The zero-order valence-corrected chi connectivity index (χ0v) is 21.7. The molecule has 12 heteroatoms. The zero-order valence-electron chi connectivity index (χ0n) is 20.9. The molecule has 10 nitrogen and oxygen atoms in total. The Bertz CT molecular complexity index is 1590. The fraction of sp³-hybridized carbons (Fsp3) is 0.179. The van der Waals surface area contributed by atoms with E-state index in [1.165, 1.54) is 23.1 Å². The minimum atomic E-state index is -0.948. The second kappa shape index (κ2) is 10.8. The lowest BCUT2D eigenvalue weighted by molar-refractivity contribution is -0.128. The third-order valence-corrected chi connectivity index (χ3v) is 7.27. The molecule has 3 aliphatic rings. The fourth-order valence-electron chi connectivity index (χ4n) is 4.41. The second-order valence-electron chi connectivity index (χ2n) is 9.04. The van der Waals surface area contributed by atoms with Crippen molar-refractivity contribution in [2.75, 3.05) is 17.9 Å². The molecule has 0 aromatic heterocycles. The molecule has 3 heterocycles. The van der Waals surface area contributed by atoms with E-state index in [1.807, 2.05) is 18.2 Å². The van der Waals surface area contributed by atoms with Crippen molar-refractivity contribution in [2.45, 2.75) is 19.0 Å². The Kier molecular flexibility index (Phi) is 6.91. The van der Waals surface area contributed by atoms with Gasteiger partial charge in [0.2, 0.25) is 18.6 Å². The number of anilines is 1. The number of amidine groups is 2. The van der Waals surface area contributed by atoms with Gasteiger partial charge in [-0.25, -0.2) is 14.3 Å². The number of hydrogen-bond donors (Lipinski definition) is 2. The van der Waals surface area contributed by atoms with Gasteiger partial charge in [-0.2, -0.15) is 0 Å². The zero-order chi connectivity index (χ0) is 27.6. The number of nitrogens with one attached hydrogen (secondary N) is 2. The van der Waals surface area contributed by atoms with Gasteiger partial charge in [-0.15, -0.1) is 0 Å². The fourth-order valence-corrected chi connectivity index (χ4v) is 5.21. The average molecular weight is 560 g/mol. The van der Waals surface area contributed by atoms with E-state index in [4.69, 9.17) is 9.47 Å². The van der Waals surface area contributed by atoms with Crippen molar-refractivity contribution in [3.8, 4) is 11.5 Å². The summed E-state index contributed by atoms with van der Waals surface area (Å²) in [5, 5.41) is 5.61. The molecule has 3 aliphatic heterocycles. The highest BCUT2D eigenvalue weighted by Crippen LogP contribution is 2.35. The lowest BCUT2D eigenvalue weighted by Gasteiger charge is -2.25. The summed E-state index contributed by atoms with van der Waals surface area (Å²) in [4.78, 5) is 49.3. The van der Waals surface area contributed by atoms with E-state index in [0.717, 1.165) is 17.3 Å². The molecule has 3 aromatic carbocycles. The first-order valence-corrected chi connectivity index (χ1v) is 13.4. The van der Waals surface area contributed by atoms with Crippen LogP contribution in [0.3, 0.4) is 0 Å². The molecule has 0 fully saturated rings.